The van der Waals surface area contributed by atoms with Gasteiger partial charge in [0.1, 0.15) is 11.6 Å². The molecule has 0 N–H and O–H groups in total. The molecule has 0 radical (unpaired) electrons. The Morgan fingerprint density at radius 3 is 2.68 bits per heavy atom. The Bertz CT molecular complexity index is 1290. The highest BCUT2D eigenvalue weighted by molar-refractivity contribution is 7.91. The minimum absolute atomic E-state index is 0.105. The first-order valence-corrected chi connectivity index (χ1v) is 11.8. The van der Waals surface area contributed by atoms with Crippen molar-refractivity contribution in [2.75, 3.05) is 18.1 Å². The Kier molecular flexibility index (Phi) is 5.54. The van der Waals surface area contributed by atoms with Crippen molar-refractivity contribution in [1.29, 1.82) is 0 Å². The summed E-state index contributed by atoms with van der Waals surface area (Å²) in [5.74, 6) is 2.91. The molecule has 1 aromatic heterocycles. The van der Waals surface area contributed by atoms with Crippen molar-refractivity contribution in [3.8, 4) is 12.3 Å². The zero-order valence-electron chi connectivity index (χ0n) is 17.1. The first-order valence-electron chi connectivity index (χ1n) is 9.93. The van der Waals surface area contributed by atoms with Crippen LogP contribution >= 0.6 is 0 Å². The van der Waals surface area contributed by atoms with Gasteiger partial charge < -0.3 is 9.47 Å². The SMILES string of the molecule is C#CCN(Cc1ccc(F)cc1)C(=O)c1ccc2c(c1)nc(C)n2C1CCS(=O)(=O)C1. The van der Waals surface area contributed by atoms with E-state index in [4.69, 9.17) is 6.42 Å². The number of aromatic nitrogens is 2. The summed E-state index contributed by atoms with van der Waals surface area (Å²) in [5.41, 5.74) is 2.65. The smallest absolute Gasteiger partial charge is 0.255 e. The minimum Gasteiger partial charge on any atom is -0.324 e. The van der Waals surface area contributed by atoms with E-state index in [1.807, 2.05) is 11.5 Å². The fourth-order valence-electron chi connectivity index (χ4n) is 4.09. The monoisotopic (exact) mass is 439 g/mol. The quantitative estimate of drug-likeness (QED) is 0.573. The summed E-state index contributed by atoms with van der Waals surface area (Å²) in [5, 5.41) is 0. The van der Waals surface area contributed by atoms with E-state index in [2.05, 4.69) is 10.9 Å². The number of amides is 1. The minimum atomic E-state index is -3.03. The van der Waals surface area contributed by atoms with Crippen molar-refractivity contribution in [1.82, 2.24) is 14.5 Å². The van der Waals surface area contributed by atoms with Crippen LogP contribution < -0.4 is 0 Å². The van der Waals surface area contributed by atoms with E-state index in [-0.39, 0.29) is 42.4 Å². The zero-order valence-corrected chi connectivity index (χ0v) is 17.9. The predicted molar refractivity (Wildman–Crippen MR) is 117 cm³/mol. The lowest BCUT2D eigenvalue weighted by Gasteiger charge is -2.20. The molecule has 1 aliphatic heterocycles. The Balaban J connectivity index is 1.63. The number of terminal acetylenes is 1. The fourth-order valence-corrected chi connectivity index (χ4v) is 5.79. The first-order chi connectivity index (χ1) is 14.8. The Labute approximate surface area is 180 Å². The van der Waals surface area contributed by atoms with Gasteiger partial charge in [-0.2, -0.15) is 0 Å². The molecule has 1 saturated heterocycles. The standard InChI is InChI=1S/C23H22FN3O3S/c1-3-11-26(14-17-4-7-19(24)8-5-17)23(28)18-6-9-22-21(13-18)25-16(2)27(22)20-10-12-31(29,30)15-20/h1,4-9,13,20H,10-12,14-15H2,2H3. The van der Waals surface area contributed by atoms with Gasteiger partial charge in [0, 0.05) is 12.1 Å². The molecular formula is C23H22FN3O3S. The summed E-state index contributed by atoms with van der Waals surface area (Å²) in [7, 11) is -3.03. The molecule has 3 aromatic rings. The number of imidazole rings is 1. The maximum atomic E-state index is 13.2. The summed E-state index contributed by atoms with van der Waals surface area (Å²) < 4.78 is 39.0. The molecule has 0 saturated carbocycles. The topological polar surface area (TPSA) is 72.3 Å². The van der Waals surface area contributed by atoms with Crippen LogP contribution in [0.25, 0.3) is 11.0 Å². The van der Waals surface area contributed by atoms with Crippen molar-refractivity contribution >= 4 is 26.8 Å². The van der Waals surface area contributed by atoms with Crippen LogP contribution in [0, 0.1) is 25.1 Å². The normalized spacial score (nSPS) is 17.5. The lowest BCUT2D eigenvalue weighted by molar-refractivity contribution is 0.0766. The number of aryl methyl sites for hydroxylation is 1. The molecule has 0 bridgehead atoms. The Hall–Kier alpha value is -3.18. The second-order valence-electron chi connectivity index (χ2n) is 7.78. The van der Waals surface area contributed by atoms with Gasteiger partial charge >= 0.3 is 0 Å². The van der Waals surface area contributed by atoms with E-state index in [9.17, 15) is 17.6 Å². The highest BCUT2D eigenvalue weighted by Gasteiger charge is 2.31. The average Bonchev–Trinajstić information content (AvgIpc) is 3.25. The van der Waals surface area contributed by atoms with Crippen LogP contribution in [0.1, 0.15) is 34.2 Å². The van der Waals surface area contributed by atoms with Gasteiger partial charge in [-0.25, -0.2) is 17.8 Å². The van der Waals surface area contributed by atoms with Crippen molar-refractivity contribution in [2.45, 2.75) is 25.9 Å². The summed E-state index contributed by atoms with van der Waals surface area (Å²) in [6.45, 7) is 2.21. The van der Waals surface area contributed by atoms with E-state index in [0.717, 1.165) is 11.1 Å². The van der Waals surface area contributed by atoms with Crippen LogP contribution in [-0.4, -0.2) is 46.8 Å². The number of nitrogens with zero attached hydrogens (tertiary/aromatic N) is 3. The highest BCUT2D eigenvalue weighted by Crippen LogP contribution is 2.30. The van der Waals surface area contributed by atoms with Gasteiger partial charge in [0.15, 0.2) is 9.84 Å². The maximum absolute atomic E-state index is 13.2. The van der Waals surface area contributed by atoms with Gasteiger partial charge in [0.2, 0.25) is 0 Å². The largest absolute Gasteiger partial charge is 0.324 e. The third-order valence-corrected chi connectivity index (χ3v) is 7.29. The molecule has 1 fully saturated rings. The highest BCUT2D eigenvalue weighted by atomic mass is 32.2. The number of sulfone groups is 1. The lowest BCUT2D eigenvalue weighted by atomic mass is 10.1. The second-order valence-corrected chi connectivity index (χ2v) is 10.0. The van der Waals surface area contributed by atoms with Crippen LogP contribution in [0.15, 0.2) is 42.5 Å². The van der Waals surface area contributed by atoms with Crippen molar-refractivity contribution < 1.29 is 17.6 Å². The van der Waals surface area contributed by atoms with E-state index in [1.165, 1.54) is 17.0 Å². The third kappa shape index (κ3) is 4.32. The van der Waals surface area contributed by atoms with Crippen molar-refractivity contribution in [3.05, 3.63) is 65.2 Å². The van der Waals surface area contributed by atoms with Gasteiger partial charge in [-0.1, -0.05) is 18.1 Å². The summed E-state index contributed by atoms with van der Waals surface area (Å²) in [6.07, 6.45) is 6.02. The molecule has 31 heavy (non-hydrogen) atoms. The Morgan fingerprint density at radius 1 is 1.29 bits per heavy atom. The second kappa shape index (κ2) is 8.16. The van der Waals surface area contributed by atoms with Gasteiger partial charge in [-0.3, -0.25) is 4.79 Å². The predicted octanol–water partition coefficient (Wildman–Crippen LogP) is 3.12. The number of rotatable bonds is 5. The van der Waals surface area contributed by atoms with Gasteiger partial charge in [0.25, 0.3) is 5.91 Å². The average molecular weight is 440 g/mol. The molecule has 6 nitrogen and oxygen atoms in total. The fraction of sp³-hybridized carbons (Fsp3) is 0.304. The number of hydrogen-bond donors (Lipinski definition) is 0. The van der Waals surface area contributed by atoms with Crippen molar-refractivity contribution in [3.63, 3.8) is 0 Å². The number of carbonyl (C=O) groups is 1. The summed E-state index contributed by atoms with van der Waals surface area (Å²) >= 11 is 0. The molecule has 1 aliphatic rings. The van der Waals surface area contributed by atoms with E-state index in [1.54, 1.807) is 30.3 Å². The van der Waals surface area contributed by atoms with Crippen LogP contribution in [0.2, 0.25) is 0 Å². The van der Waals surface area contributed by atoms with Crippen LogP contribution in [0.4, 0.5) is 4.39 Å². The lowest BCUT2D eigenvalue weighted by Crippen LogP contribution is -2.31. The molecule has 4 rings (SSSR count). The summed E-state index contributed by atoms with van der Waals surface area (Å²) in [4.78, 5) is 19.2. The molecule has 160 valence electrons. The molecule has 2 aromatic carbocycles. The van der Waals surface area contributed by atoms with E-state index < -0.39 is 9.84 Å². The number of halogens is 1. The van der Waals surface area contributed by atoms with Crippen LogP contribution in [-0.2, 0) is 16.4 Å². The van der Waals surface area contributed by atoms with E-state index >= 15 is 0 Å². The van der Waals surface area contributed by atoms with Gasteiger partial charge in [-0.15, -0.1) is 6.42 Å². The molecule has 8 heteroatoms. The molecule has 2 heterocycles. The van der Waals surface area contributed by atoms with Crippen LogP contribution in [0.5, 0.6) is 0 Å². The van der Waals surface area contributed by atoms with E-state index in [0.29, 0.717) is 23.3 Å². The molecular weight excluding hydrogens is 417 g/mol. The zero-order chi connectivity index (χ0) is 22.2. The number of carbonyl (C=O) groups excluding carboxylic acids is 1. The van der Waals surface area contributed by atoms with Gasteiger partial charge in [0.05, 0.1) is 35.1 Å². The molecule has 1 amide bonds. The maximum Gasteiger partial charge on any atom is 0.255 e. The van der Waals surface area contributed by atoms with Crippen molar-refractivity contribution in [2.24, 2.45) is 0 Å². The Morgan fingerprint density at radius 2 is 2.03 bits per heavy atom. The van der Waals surface area contributed by atoms with Gasteiger partial charge in [-0.05, 0) is 49.2 Å². The number of hydrogen-bond acceptors (Lipinski definition) is 4. The molecule has 0 aliphatic carbocycles. The molecule has 0 spiro atoms. The molecule has 1 atom stereocenters. The first kappa shape index (κ1) is 21.1. The molecule has 1 unspecified atom stereocenters. The number of benzene rings is 2. The van der Waals surface area contributed by atoms with Crippen LogP contribution in [0.3, 0.4) is 0 Å². The number of fused-ring (bicyclic) bond motifs is 1. The third-order valence-electron chi connectivity index (χ3n) is 5.54. The summed E-state index contributed by atoms with van der Waals surface area (Å²) in [6, 6.07) is 11.0.